The molecule has 1 aromatic heterocycles. The summed E-state index contributed by atoms with van der Waals surface area (Å²) in [6.45, 7) is 0.836. The molecule has 19 heavy (non-hydrogen) atoms. The molecule has 0 saturated heterocycles. The number of hydrogen-bond donors (Lipinski definition) is 1. The fourth-order valence-electron chi connectivity index (χ4n) is 5.89. The summed E-state index contributed by atoms with van der Waals surface area (Å²) in [5, 5.41) is 2.21. The van der Waals surface area contributed by atoms with Gasteiger partial charge in [-0.3, -0.25) is 0 Å². The van der Waals surface area contributed by atoms with Gasteiger partial charge < -0.3 is 5.73 Å². The minimum absolute atomic E-state index is 0.622. The van der Waals surface area contributed by atoms with Crippen LogP contribution in [0.2, 0.25) is 0 Å². The smallest absolute Gasteiger partial charge is 0.00889 e. The second-order valence-corrected chi connectivity index (χ2v) is 8.55. The molecule has 4 saturated carbocycles. The molecule has 4 aliphatic rings. The molecule has 4 bridgehead atoms. The number of thiophene rings is 1. The van der Waals surface area contributed by atoms with Gasteiger partial charge in [0.1, 0.15) is 0 Å². The van der Waals surface area contributed by atoms with Crippen LogP contribution in [0.1, 0.15) is 55.7 Å². The highest BCUT2D eigenvalue weighted by atomic mass is 32.1. The van der Waals surface area contributed by atoms with Crippen molar-refractivity contribution in [3.05, 3.63) is 22.4 Å². The predicted molar refractivity (Wildman–Crippen MR) is 81.3 cm³/mol. The Hall–Kier alpha value is -0.340. The second kappa shape index (κ2) is 4.60. The van der Waals surface area contributed by atoms with E-state index >= 15 is 0 Å². The van der Waals surface area contributed by atoms with Crippen LogP contribution in [0.25, 0.3) is 0 Å². The van der Waals surface area contributed by atoms with E-state index in [4.69, 9.17) is 5.73 Å². The Morgan fingerprint density at radius 1 is 1.16 bits per heavy atom. The normalized spacial score (nSPS) is 41.6. The fourth-order valence-corrected chi connectivity index (χ4v) is 6.73. The summed E-state index contributed by atoms with van der Waals surface area (Å²) in [5.41, 5.74) is 6.77. The Morgan fingerprint density at radius 3 is 2.26 bits per heavy atom. The maximum Gasteiger partial charge on any atom is 0.00889 e. The van der Waals surface area contributed by atoms with Crippen molar-refractivity contribution in [1.29, 1.82) is 0 Å². The van der Waals surface area contributed by atoms with Crippen molar-refractivity contribution in [1.82, 2.24) is 0 Å². The molecule has 0 aliphatic heterocycles. The third-order valence-electron chi connectivity index (χ3n) is 6.07. The third kappa shape index (κ3) is 2.17. The van der Waals surface area contributed by atoms with E-state index in [1.165, 1.54) is 30.6 Å². The molecule has 5 rings (SSSR count). The van der Waals surface area contributed by atoms with Gasteiger partial charge in [0.05, 0.1) is 0 Å². The van der Waals surface area contributed by atoms with Crippen molar-refractivity contribution in [2.24, 2.45) is 28.9 Å². The van der Waals surface area contributed by atoms with Crippen molar-refractivity contribution in [3.8, 4) is 0 Å². The van der Waals surface area contributed by atoms with Crippen molar-refractivity contribution in [2.75, 3.05) is 6.54 Å². The van der Waals surface area contributed by atoms with Gasteiger partial charge >= 0.3 is 0 Å². The van der Waals surface area contributed by atoms with Gasteiger partial charge in [0.25, 0.3) is 0 Å². The first-order valence-electron chi connectivity index (χ1n) is 8.00. The summed E-state index contributed by atoms with van der Waals surface area (Å²) in [7, 11) is 0. The Kier molecular flexibility index (Phi) is 3.00. The number of hydrogen-bond acceptors (Lipinski definition) is 2. The molecule has 4 aliphatic carbocycles. The molecule has 0 radical (unpaired) electrons. The largest absolute Gasteiger partial charge is 0.330 e. The average Bonchev–Trinajstić information content (AvgIpc) is 2.88. The zero-order valence-corrected chi connectivity index (χ0v) is 12.5. The van der Waals surface area contributed by atoms with Crippen molar-refractivity contribution < 1.29 is 0 Å². The van der Waals surface area contributed by atoms with Crippen molar-refractivity contribution >= 4 is 11.3 Å². The van der Waals surface area contributed by atoms with Crippen LogP contribution in [0, 0.1) is 23.2 Å². The molecular formula is C17H25NS. The summed E-state index contributed by atoms with van der Waals surface area (Å²) >= 11 is 1.90. The Balaban J connectivity index is 1.55. The lowest BCUT2D eigenvalue weighted by atomic mass is 9.48. The Labute approximate surface area is 120 Å². The number of rotatable bonds is 4. The van der Waals surface area contributed by atoms with Gasteiger partial charge in [0, 0.05) is 10.8 Å². The standard InChI is InChI=1S/C17H25NS/c18-11-15(16-2-1-3-19-16)10-17-7-12-4-13(8-17)6-14(5-12)9-17/h1-3,12-15H,4-11,18H2. The van der Waals surface area contributed by atoms with Gasteiger partial charge in [-0.25, -0.2) is 0 Å². The van der Waals surface area contributed by atoms with Crippen LogP contribution in [0.5, 0.6) is 0 Å². The van der Waals surface area contributed by atoms with E-state index in [2.05, 4.69) is 17.5 Å². The molecule has 4 fully saturated rings. The molecule has 0 amide bonds. The van der Waals surface area contributed by atoms with Crippen LogP contribution in [-0.4, -0.2) is 6.54 Å². The molecule has 1 heterocycles. The zero-order valence-electron chi connectivity index (χ0n) is 11.7. The lowest BCUT2D eigenvalue weighted by Gasteiger charge is -2.57. The molecule has 1 aromatic rings. The van der Waals surface area contributed by atoms with Crippen LogP contribution >= 0.6 is 11.3 Å². The minimum atomic E-state index is 0.622. The van der Waals surface area contributed by atoms with Gasteiger partial charge in [-0.1, -0.05) is 6.07 Å². The lowest BCUT2D eigenvalue weighted by Crippen LogP contribution is -2.46. The molecular weight excluding hydrogens is 250 g/mol. The van der Waals surface area contributed by atoms with Gasteiger partial charge in [-0.2, -0.15) is 0 Å². The Bertz CT molecular complexity index is 401. The lowest BCUT2D eigenvalue weighted by molar-refractivity contribution is -0.0602. The molecule has 2 N–H and O–H groups in total. The number of nitrogens with two attached hydrogens (primary N) is 1. The van der Waals surface area contributed by atoms with E-state index in [0.29, 0.717) is 11.3 Å². The van der Waals surface area contributed by atoms with Gasteiger partial charge in [-0.15, -0.1) is 11.3 Å². The maximum absolute atomic E-state index is 6.10. The molecule has 1 atom stereocenters. The predicted octanol–water partition coefficient (Wildman–Crippen LogP) is 4.40. The van der Waals surface area contributed by atoms with Crippen LogP contribution in [0.4, 0.5) is 0 Å². The maximum atomic E-state index is 6.10. The zero-order chi connectivity index (χ0) is 12.9. The summed E-state index contributed by atoms with van der Waals surface area (Å²) in [6, 6.07) is 4.48. The average molecular weight is 275 g/mol. The quantitative estimate of drug-likeness (QED) is 0.866. The van der Waals surface area contributed by atoms with Crippen LogP contribution in [0.15, 0.2) is 17.5 Å². The van der Waals surface area contributed by atoms with E-state index < -0.39 is 0 Å². The highest BCUT2D eigenvalue weighted by Gasteiger charge is 2.51. The summed E-state index contributed by atoms with van der Waals surface area (Å²) in [5.74, 6) is 3.81. The van der Waals surface area contributed by atoms with Gasteiger partial charge in [0.2, 0.25) is 0 Å². The highest BCUT2D eigenvalue weighted by Crippen LogP contribution is 2.62. The van der Waals surface area contributed by atoms with E-state index in [0.717, 1.165) is 24.3 Å². The first-order valence-corrected chi connectivity index (χ1v) is 8.88. The third-order valence-corrected chi connectivity index (χ3v) is 7.11. The van der Waals surface area contributed by atoms with Crippen molar-refractivity contribution in [3.63, 3.8) is 0 Å². The van der Waals surface area contributed by atoms with E-state index in [9.17, 15) is 0 Å². The molecule has 0 aromatic carbocycles. The first kappa shape index (κ1) is 12.4. The van der Waals surface area contributed by atoms with Crippen LogP contribution in [0.3, 0.4) is 0 Å². The molecule has 104 valence electrons. The summed E-state index contributed by atoms with van der Waals surface area (Å²) < 4.78 is 0. The summed E-state index contributed by atoms with van der Waals surface area (Å²) in [4.78, 5) is 1.53. The van der Waals surface area contributed by atoms with E-state index in [1.54, 1.807) is 19.3 Å². The van der Waals surface area contributed by atoms with Crippen LogP contribution < -0.4 is 5.73 Å². The van der Waals surface area contributed by atoms with Crippen molar-refractivity contribution in [2.45, 2.75) is 50.9 Å². The fraction of sp³-hybridized carbons (Fsp3) is 0.765. The van der Waals surface area contributed by atoms with Gasteiger partial charge in [0.15, 0.2) is 0 Å². The Morgan fingerprint density at radius 2 is 1.79 bits per heavy atom. The molecule has 0 spiro atoms. The topological polar surface area (TPSA) is 26.0 Å². The van der Waals surface area contributed by atoms with E-state index in [1.807, 2.05) is 11.3 Å². The summed E-state index contributed by atoms with van der Waals surface area (Å²) in [6.07, 6.45) is 10.6. The monoisotopic (exact) mass is 275 g/mol. The first-order chi connectivity index (χ1) is 9.26. The SMILES string of the molecule is NCC(CC12CC3CC(CC(C3)C1)C2)c1cccs1. The molecule has 1 unspecified atom stereocenters. The minimum Gasteiger partial charge on any atom is -0.330 e. The molecule has 2 heteroatoms. The van der Waals surface area contributed by atoms with Gasteiger partial charge in [-0.05, 0) is 86.1 Å². The van der Waals surface area contributed by atoms with Crippen LogP contribution in [-0.2, 0) is 0 Å². The van der Waals surface area contributed by atoms with E-state index in [-0.39, 0.29) is 0 Å². The molecule has 1 nitrogen and oxygen atoms in total. The second-order valence-electron chi connectivity index (χ2n) is 7.57. The highest BCUT2D eigenvalue weighted by molar-refractivity contribution is 7.10.